The predicted molar refractivity (Wildman–Crippen MR) is 69.8 cm³/mol. The molecular weight excluding hydrogens is 246 g/mol. The summed E-state index contributed by atoms with van der Waals surface area (Å²) in [5.41, 5.74) is 0.220. The quantitative estimate of drug-likeness (QED) is 0.797. The van der Waals surface area contributed by atoms with Crippen LogP contribution in [0.1, 0.15) is 48.2 Å². The van der Waals surface area contributed by atoms with E-state index in [0.717, 1.165) is 25.7 Å². The van der Waals surface area contributed by atoms with Crippen LogP contribution in [0.3, 0.4) is 0 Å². The lowest BCUT2D eigenvalue weighted by Crippen LogP contribution is -2.49. The molecule has 5 nitrogen and oxygen atoms in total. The second-order valence-electron chi connectivity index (χ2n) is 5.15. The van der Waals surface area contributed by atoms with Crippen molar-refractivity contribution >= 4 is 5.97 Å². The third-order valence-electron chi connectivity index (χ3n) is 3.83. The van der Waals surface area contributed by atoms with Crippen molar-refractivity contribution in [2.45, 2.75) is 44.2 Å². The van der Waals surface area contributed by atoms with E-state index in [2.05, 4.69) is 10.1 Å². The second kappa shape index (κ2) is 6.21. The molecule has 1 aromatic heterocycles. The number of aliphatic hydroxyl groups is 1. The Morgan fingerprint density at radius 1 is 1.47 bits per heavy atom. The predicted octanol–water partition coefficient (Wildman–Crippen LogP) is 1.85. The molecule has 0 bridgehead atoms. The zero-order chi connectivity index (χ0) is 13.7. The van der Waals surface area contributed by atoms with Crippen molar-refractivity contribution in [3.8, 4) is 0 Å². The van der Waals surface area contributed by atoms with E-state index in [4.69, 9.17) is 4.42 Å². The van der Waals surface area contributed by atoms with Gasteiger partial charge in [-0.3, -0.25) is 0 Å². The summed E-state index contributed by atoms with van der Waals surface area (Å²) in [6, 6.07) is 1.67. The van der Waals surface area contributed by atoms with Crippen LogP contribution in [0.5, 0.6) is 0 Å². The second-order valence-corrected chi connectivity index (χ2v) is 5.15. The van der Waals surface area contributed by atoms with Crippen LogP contribution in [0, 0.1) is 0 Å². The zero-order valence-corrected chi connectivity index (χ0v) is 11.3. The first-order valence-electron chi connectivity index (χ1n) is 6.71. The van der Waals surface area contributed by atoms with Gasteiger partial charge in [0.25, 0.3) is 0 Å². The molecule has 5 heteroatoms. The molecule has 0 atom stereocenters. The van der Waals surface area contributed by atoms with Crippen LogP contribution < -0.4 is 5.32 Å². The van der Waals surface area contributed by atoms with E-state index < -0.39 is 5.97 Å². The standard InChI is InChI=1S/C14H21NO4/c1-18-13(17)11-7-12(19-9-11)8-15-14(10-16)5-3-2-4-6-14/h7,9,15-16H,2-6,8,10H2,1H3. The van der Waals surface area contributed by atoms with Gasteiger partial charge in [0.05, 0.1) is 25.8 Å². The minimum Gasteiger partial charge on any atom is -0.467 e. The van der Waals surface area contributed by atoms with Crippen molar-refractivity contribution in [1.29, 1.82) is 0 Å². The van der Waals surface area contributed by atoms with Gasteiger partial charge in [-0.25, -0.2) is 4.79 Å². The van der Waals surface area contributed by atoms with Crippen molar-refractivity contribution in [2.24, 2.45) is 0 Å². The van der Waals surface area contributed by atoms with Crippen LogP contribution in [0.2, 0.25) is 0 Å². The summed E-state index contributed by atoms with van der Waals surface area (Å²) in [6.45, 7) is 0.648. The number of carbonyl (C=O) groups excluding carboxylic acids is 1. The number of carbonyl (C=O) groups is 1. The summed E-state index contributed by atoms with van der Waals surface area (Å²) in [7, 11) is 1.34. The van der Waals surface area contributed by atoms with E-state index in [0.29, 0.717) is 17.9 Å². The van der Waals surface area contributed by atoms with E-state index >= 15 is 0 Å². The van der Waals surface area contributed by atoms with Gasteiger partial charge in [0.2, 0.25) is 0 Å². The van der Waals surface area contributed by atoms with E-state index in [1.165, 1.54) is 19.8 Å². The highest BCUT2D eigenvalue weighted by Gasteiger charge is 2.30. The van der Waals surface area contributed by atoms with Gasteiger partial charge >= 0.3 is 5.97 Å². The minimum absolute atomic E-state index is 0.136. The molecule has 1 fully saturated rings. The summed E-state index contributed by atoms with van der Waals surface area (Å²) in [4.78, 5) is 11.3. The fourth-order valence-corrected chi connectivity index (χ4v) is 2.59. The lowest BCUT2D eigenvalue weighted by atomic mass is 9.82. The highest BCUT2D eigenvalue weighted by atomic mass is 16.5. The Morgan fingerprint density at radius 3 is 2.84 bits per heavy atom. The number of methoxy groups -OCH3 is 1. The first kappa shape index (κ1) is 14.1. The summed E-state index contributed by atoms with van der Waals surface area (Å²) in [6.07, 6.45) is 6.87. The van der Waals surface area contributed by atoms with E-state index in [1.807, 2.05) is 0 Å². The molecule has 19 heavy (non-hydrogen) atoms. The van der Waals surface area contributed by atoms with Gasteiger partial charge < -0.3 is 19.6 Å². The molecule has 0 aromatic carbocycles. The van der Waals surface area contributed by atoms with Crippen LogP contribution in [-0.4, -0.2) is 30.3 Å². The maximum Gasteiger partial charge on any atom is 0.341 e. The molecule has 2 N–H and O–H groups in total. The molecule has 0 spiro atoms. The third-order valence-corrected chi connectivity index (χ3v) is 3.83. The Balaban J connectivity index is 1.93. The van der Waals surface area contributed by atoms with Crippen LogP contribution in [0.15, 0.2) is 16.7 Å². The van der Waals surface area contributed by atoms with Crippen molar-refractivity contribution in [3.63, 3.8) is 0 Å². The van der Waals surface area contributed by atoms with Crippen molar-refractivity contribution in [2.75, 3.05) is 13.7 Å². The largest absolute Gasteiger partial charge is 0.467 e. The lowest BCUT2D eigenvalue weighted by Gasteiger charge is -2.36. The minimum atomic E-state index is -0.399. The van der Waals surface area contributed by atoms with Gasteiger partial charge in [0, 0.05) is 5.54 Å². The van der Waals surface area contributed by atoms with E-state index in [9.17, 15) is 9.90 Å². The number of hydrogen-bond donors (Lipinski definition) is 2. The molecule has 0 amide bonds. The normalized spacial score (nSPS) is 18.2. The number of hydrogen-bond acceptors (Lipinski definition) is 5. The Morgan fingerprint density at radius 2 is 2.21 bits per heavy atom. The summed E-state index contributed by atoms with van der Waals surface area (Å²) >= 11 is 0. The molecule has 0 unspecified atom stereocenters. The Bertz CT molecular complexity index is 421. The van der Waals surface area contributed by atoms with Gasteiger partial charge in [-0.1, -0.05) is 19.3 Å². The van der Waals surface area contributed by atoms with Crippen LogP contribution in [0.25, 0.3) is 0 Å². The van der Waals surface area contributed by atoms with Gasteiger partial charge in [-0.2, -0.15) is 0 Å². The van der Waals surface area contributed by atoms with Gasteiger partial charge in [-0.05, 0) is 18.9 Å². The Hall–Kier alpha value is -1.33. The molecule has 1 aliphatic carbocycles. The third kappa shape index (κ3) is 3.36. The van der Waals surface area contributed by atoms with Crippen LogP contribution >= 0.6 is 0 Å². The average molecular weight is 267 g/mol. The SMILES string of the molecule is COC(=O)c1coc(CNC2(CO)CCCCC2)c1. The van der Waals surface area contributed by atoms with E-state index in [1.54, 1.807) is 6.07 Å². The zero-order valence-electron chi connectivity index (χ0n) is 11.3. The summed E-state index contributed by atoms with van der Waals surface area (Å²) in [5, 5.41) is 13.0. The number of esters is 1. The molecule has 1 heterocycles. The first-order chi connectivity index (χ1) is 9.19. The number of furan rings is 1. The number of aliphatic hydroxyl groups excluding tert-OH is 1. The number of nitrogens with one attached hydrogen (secondary N) is 1. The van der Waals surface area contributed by atoms with E-state index in [-0.39, 0.29) is 12.1 Å². The summed E-state index contributed by atoms with van der Waals surface area (Å²) < 4.78 is 9.95. The Labute approximate surface area is 112 Å². The fraction of sp³-hybridized carbons (Fsp3) is 0.643. The monoisotopic (exact) mass is 267 g/mol. The fourth-order valence-electron chi connectivity index (χ4n) is 2.59. The average Bonchev–Trinajstić information content (AvgIpc) is 2.94. The van der Waals surface area contributed by atoms with Gasteiger partial charge in [-0.15, -0.1) is 0 Å². The summed E-state index contributed by atoms with van der Waals surface area (Å²) in [5.74, 6) is 0.281. The maximum atomic E-state index is 11.3. The van der Waals surface area contributed by atoms with Gasteiger partial charge in [0.1, 0.15) is 12.0 Å². The van der Waals surface area contributed by atoms with Crippen LogP contribution in [-0.2, 0) is 11.3 Å². The molecule has 2 rings (SSSR count). The molecule has 0 saturated heterocycles. The smallest absolute Gasteiger partial charge is 0.341 e. The number of ether oxygens (including phenoxy) is 1. The highest BCUT2D eigenvalue weighted by Crippen LogP contribution is 2.28. The first-order valence-corrected chi connectivity index (χ1v) is 6.71. The molecule has 106 valence electrons. The molecule has 1 aromatic rings. The maximum absolute atomic E-state index is 11.3. The molecule has 0 aliphatic heterocycles. The van der Waals surface area contributed by atoms with Crippen molar-refractivity contribution in [3.05, 3.63) is 23.7 Å². The molecule has 1 saturated carbocycles. The molecule has 1 aliphatic rings. The highest BCUT2D eigenvalue weighted by molar-refractivity contribution is 5.88. The Kier molecular flexibility index (Phi) is 4.61. The topological polar surface area (TPSA) is 71.7 Å². The van der Waals surface area contributed by atoms with Crippen LogP contribution in [0.4, 0.5) is 0 Å². The number of rotatable bonds is 5. The van der Waals surface area contributed by atoms with Crippen molar-refractivity contribution < 1.29 is 19.1 Å². The van der Waals surface area contributed by atoms with Crippen molar-refractivity contribution in [1.82, 2.24) is 5.32 Å². The molecule has 0 radical (unpaired) electrons. The molecular formula is C14H21NO4. The lowest BCUT2D eigenvalue weighted by molar-refractivity contribution is 0.0600. The van der Waals surface area contributed by atoms with Gasteiger partial charge in [0.15, 0.2) is 0 Å².